The van der Waals surface area contributed by atoms with Crippen molar-refractivity contribution < 1.29 is 4.79 Å². The summed E-state index contributed by atoms with van der Waals surface area (Å²) in [4.78, 5) is 19.4. The lowest BCUT2D eigenvalue weighted by atomic mass is 10.1. The number of hydrogen-bond acceptors (Lipinski definition) is 4. The molecule has 0 bridgehead atoms. The maximum atomic E-state index is 11.5. The highest BCUT2D eigenvalue weighted by Gasteiger charge is 2.12. The second kappa shape index (κ2) is 6.30. The van der Waals surface area contributed by atoms with Gasteiger partial charge in [-0.15, -0.1) is 0 Å². The molecule has 1 rings (SSSR count). The molecule has 94 valence electrons. The molecular formula is C12H20N4O. The van der Waals surface area contributed by atoms with Crippen LogP contribution in [0.3, 0.4) is 0 Å². The Morgan fingerprint density at radius 3 is 2.76 bits per heavy atom. The fourth-order valence-electron chi connectivity index (χ4n) is 1.32. The normalized spacial score (nSPS) is 11.2. The fourth-order valence-corrected chi connectivity index (χ4v) is 1.32. The van der Waals surface area contributed by atoms with Crippen molar-refractivity contribution in [1.29, 1.82) is 0 Å². The molecule has 0 atom stereocenters. The second-order valence-corrected chi connectivity index (χ2v) is 4.93. The molecule has 0 unspecified atom stereocenters. The van der Waals surface area contributed by atoms with Crippen LogP contribution in [0.5, 0.6) is 0 Å². The third kappa shape index (κ3) is 6.63. The van der Waals surface area contributed by atoms with Crippen molar-refractivity contribution in [1.82, 2.24) is 20.6 Å². The molecule has 2 N–H and O–H groups in total. The van der Waals surface area contributed by atoms with Crippen LogP contribution >= 0.6 is 0 Å². The van der Waals surface area contributed by atoms with Gasteiger partial charge in [-0.05, 0) is 26.8 Å². The van der Waals surface area contributed by atoms with E-state index in [0.29, 0.717) is 19.5 Å². The minimum absolute atomic E-state index is 0.0627. The molecule has 0 radical (unpaired) electrons. The number of carbonyl (C=O) groups excluding carboxylic acids is 1. The molecule has 5 heteroatoms. The summed E-state index contributed by atoms with van der Waals surface area (Å²) in [5, 5.41) is 6.08. The van der Waals surface area contributed by atoms with E-state index < -0.39 is 0 Å². The van der Waals surface area contributed by atoms with Gasteiger partial charge in [0.25, 0.3) is 0 Å². The Morgan fingerprint density at radius 1 is 1.41 bits per heavy atom. The standard InChI is InChI=1S/C12H20N4O/c1-12(2,3)16-11(17)5-7-13-8-10-4-6-14-9-15-10/h4,6,9,13H,5,7-8H2,1-3H3,(H,16,17). The number of hydrogen-bond donors (Lipinski definition) is 2. The van der Waals surface area contributed by atoms with E-state index in [2.05, 4.69) is 20.6 Å². The van der Waals surface area contributed by atoms with Crippen LogP contribution in [0.25, 0.3) is 0 Å². The van der Waals surface area contributed by atoms with Gasteiger partial charge in [0.05, 0.1) is 5.69 Å². The average Bonchev–Trinajstić information content (AvgIpc) is 2.23. The maximum Gasteiger partial charge on any atom is 0.221 e. The lowest BCUT2D eigenvalue weighted by molar-refractivity contribution is -0.122. The number of aromatic nitrogens is 2. The molecule has 0 saturated heterocycles. The van der Waals surface area contributed by atoms with E-state index in [1.54, 1.807) is 6.20 Å². The van der Waals surface area contributed by atoms with E-state index in [4.69, 9.17) is 0 Å². The fraction of sp³-hybridized carbons (Fsp3) is 0.583. The summed E-state index contributed by atoms with van der Waals surface area (Å²) in [6.07, 6.45) is 3.70. The Morgan fingerprint density at radius 2 is 2.18 bits per heavy atom. The molecule has 0 spiro atoms. The van der Waals surface area contributed by atoms with Crippen molar-refractivity contribution in [3.05, 3.63) is 24.3 Å². The summed E-state index contributed by atoms with van der Waals surface area (Å²) in [5.74, 6) is 0.0627. The first-order chi connectivity index (χ1) is 7.97. The number of nitrogens with one attached hydrogen (secondary N) is 2. The third-order valence-corrected chi connectivity index (χ3v) is 1.99. The molecule has 0 aliphatic heterocycles. The van der Waals surface area contributed by atoms with Crippen LogP contribution in [0, 0.1) is 0 Å². The third-order valence-electron chi connectivity index (χ3n) is 1.99. The highest BCUT2D eigenvalue weighted by molar-refractivity contribution is 5.76. The zero-order valence-corrected chi connectivity index (χ0v) is 10.7. The van der Waals surface area contributed by atoms with E-state index in [9.17, 15) is 4.79 Å². The Hall–Kier alpha value is -1.49. The molecular weight excluding hydrogens is 216 g/mol. The monoisotopic (exact) mass is 236 g/mol. The summed E-state index contributed by atoms with van der Waals surface area (Å²) in [6.45, 7) is 7.22. The van der Waals surface area contributed by atoms with E-state index in [1.807, 2.05) is 26.8 Å². The van der Waals surface area contributed by atoms with Crippen LogP contribution in [0.1, 0.15) is 32.9 Å². The Kier molecular flexibility index (Phi) is 5.03. The van der Waals surface area contributed by atoms with Crippen LogP contribution in [-0.4, -0.2) is 28.0 Å². The lowest BCUT2D eigenvalue weighted by Crippen LogP contribution is -2.41. The van der Waals surface area contributed by atoms with Gasteiger partial charge >= 0.3 is 0 Å². The van der Waals surface area contributed by atoms with Crippen LogP contribution in [-0.2, 0) is 11.3 Å². The Bertz CT molecular complexity index is 345. The summed E-state index contributed by atoms with van der Waals surface area (Å²) >= 11 is 0. The SMILES string of the molecule is CC(C)(C)NC(=O)CCNCc1ccncn1. The maximum absolute atomic E-state index is 11.5. The first kappa shape index (κ1) is 13.6. The Balaban J connectivity index is 2.14. The van der Waals surface area contributed by atoms with Crippen LogP contribution in [0.4, 0.5) is 0 Å². The van der Waals surface area contributed by atoms with Gasteiger partial charge in [0, 0.05) is 31.2 Å². The van der Waals surface area contributed by atoms with Crippen molar-refractivity contribution in [2.45, 2.75) is 39.3 Å². The van der Waals surface area contributed by atoms with Crippen LogP contribution < -0.4 is 10.6 Å². The number of amides is 1. The van der Waals surface area contributed by atoms with Gasteiger partial charge in [0.15, 0.2) is 0 Å². The van der Waals surface area contributed by atoms with Gasteiger partial charge in [-0.2, -0.15) is 0 Å². The molecule has 1 aromatic heterocycles. The summed E-state index contributed by atoms with van der Waals surface area (Å²) in [7, 11) is 0. The van der Waals surface area contributed by atoms with Crippen molar-refractivity contribution in [3.8, 4) is 0 Å². The second-order valence-electron chi connectivity index (χ2n) is 4.93. The van der Waals surface area contributed by atoms with E-state index in [-0.39, 0.29) is 11.4 Å². The highest BCUT2D eigenvalue weighted by atomic mass is 16.1. The summed E-state index contributed by atoms with van der Waals surface area (Å²) in [5.41, 5.74) is 0.764. The van der Waals surface area contributed by atoms with E-state index in [0.717, 1.165) is 5.69 Å². The van der Waals surface area contributed by atoms with E-state index >= 15 is 0 Å². The van der Waals surface area contributed by atoms with E-state index in [1.165, 1.54) is 6.33 Å². The first-order valence-corrected chi connectivity index (χ1v) is 5.74. The molecule has 1 aromatic rings. The first-order valence-electron chi connectivity index (χ1n) is 5.74. The highest BCUT2D eigenvalue weighted by Crippen LogP contribution is 1.98. The van der Waals surface area contributed by atoms with Gasteiger partial charge < -0.3 is 10.6 Å². The van der Waals surface area contributed by atoms with Crippen LogP contribution in [0.15, 0.2) is 18.6 Å². The topological polar surface area (TPSA) is 66.9 Å². The molecule has 5 nitrogen and oxygen atoms in total. The van der Waals surface area contributed by atoms with Gasteiger partial charge in [0.1, 0.15) is 6.33 Å². The van der Waals surface area contributed by atoms with Crippen molar-refractivity contribution in [2.24, 2.45) is 0 Å². The largest absolute Gasteiger partial charge is 0.351 e. The number of nitrogens with zero attached hydrogens (tertiary/aromatic N) is 2. The number of rotatable bonds is 5. The lowest BCUT2D eigenvalue weighted by Gasteiger charge is -2.20. The molecule has 17 heavy (non-hydrogen) atoms. The van der Waals surface area contributed by atoms with Gasteiger partial charge in [-0.1, -0.05) is 0 Å². The minimum atomic E-state index is -0.163. The Labute approximate surface area is 102 Å². The molecule has 0 aromatic carbocycles. The quantitative estimate of drug-likeness (QED) is 0.744. The van der Waals surface area contributed by atoms with Crippen molar-refractivity contribution in [2.75, 3.05) is 6.54 Å². The summed E-state index contributed by atoms with van der Waals surface area (Å²) in [6, 6.07) is 1.85. The molecule has 0 saturated carbocycles. The zero-order valence-electron chi connectivity index (χ0n) is 10.7. The zero-order chi connectivity index (χ0) is 12.7. The molecule has 0 aliphatic rings. The van der Waals surface area contributed by atoms with Gasteiger partial charge in [-0.3, -0.25) is 4.79 Å². The minimum Gasteiger partial charge on any atom is -0.351 e. The molecule has 1 heterocycles. The smallest absolute Gasteiger partial charge is 0.221 e. The number of carbonyl (C=O) groups is 1. The average molecular weight is 236 g/mol. The molecule has 1 amide bonds. The van der Waals surface area contributed by atoms with Crippen molar-refractivity contribution >= 4 is 5.91 Å². The predicted molar refractivity (Wildman–Crippen MR) is 66.3 cm³/mol. The predicted octanol–water partition coefficient (Wildman–Crippen LogP) is 0.871. The van der Waals surface area contributed by atoms with Crippen LogP contribution in [0.2, 0.25) is 0 Å². The van der Waals surface area contributed by atoms with Gasteiger partial charge in [-0.25, -0.2) is 9.97 Å². The molecule has 0 fully saturated rings. The van der Waals surface area contributed by atoms with Crippen molar-refractivity contribution in [3.63, 3.8) is 0 Å². The summed E-state index contributed by atoms with van der Waals surface area (Å²) < 4.78 is 0. The molecule has 0 aliphatic carbocycles. The van der Waals surface area contributed by atoms with Gasteiger partial charge in [0.2, 0.25) is 5.91 Å².